The Balaban J connectivity index is 1.20. The Morgan fingerprint density at radius 1 is 0.903 bits per heavy atom. The molecule has 1 heterocycles. The van der Waals surface area contributed by atoms with E-state index in [0.717, 1.165) is 6.42 Å². The minimum Gasteiger partial charge on any atom is -0.497 e. The smallest absolute Gasteiger partial charge is 0.255 e. The number of methoxy groups -OCH3 is 1. The van der Waals surface area contributed by atoms with Gasteiger partial charge in [-0.1, -0.05) is 12.2 Å². The maximum Gasteiger partial charge on any atom is 0.255 e. The largest absolute Gasteiger partial charge is 0.497 e. The Labute approximate surface area is 179 Å². The van der Waals surface area contributed by atoms with Gasteiger partial charge in [-0.3, -0.25) is 19.3 Å². The molecule has 1 N–H and O–H groups in total. The third-order valence-corrected chi connectivity index (χ3v) is 7.40. The zero-order chi connectivity index (χ0) is 21.3. The second-order valence-electron chi connectivity index (χ2n) is 8.90. The summed E-state index contributed by atoms with van der Waals surface area (Å²) in [6.07, 6.45) is 5.48. The van der Waals surface area contributed by atoms with Crippen molar-refractivity contribution >= 4 is 29.1 Å². The molecule has 2 bridgehead atoms. The van der Waals surface area contributed by atoms with Gasteiger partial charge in [0.1, 0.15) is 5.75 Å². The molecule has 3 fully saturated rings. The fourth-order valence-electron chi connectivity index (χ4n) is 5.85. The van der Waals surface area contributed by atoms with E-state index in [2.05, 4.69) is 17.5 Å². The standard InChI is InChI=1S/C25H22N2O4/c1-31-16-8-4-14(5-9-16)26-23(28)13-2-6-15(7-3-13)27-24(29)21-17-10-11-18(20-12-19(17)20)22(21)25(27)30/h2-11,17-22H,12H2,1H3,(H,26,28)/t17-,18-,19-,20+,21-,22+/m0/s1. The van der Waals surface area contributed by atoms with E-state index in [1.165, 1.54) is 4.90 Å². The van der Waals surface area contributed by atoms with Gasteiger partial charge in [-0.25, -0.2) is 0 Å². The summed E-state index contributed by atoms with van der Waals surface area (Å²) in [5, 5.41) is 2.84. The maximum absolute atomic E-state index is 13.2. The molecule has 156 valence electrons. The van der Waals surface area contributed by atoms with E-state index >= 15 is 0 Å². The molecule has 3 amide bonds. The van der Waals surface area contributed by atoms with Crippen molar-refractivity contribution in [2.24, 2.45) is 35.5 Å². The topological polar surface area (TPSA) is 75.7 Å². The summed E-state index contributed by atoms with van der Waals surface area (Å²) < 4.78 is 5.12. The van der Waals surface area contributed by atoms with Crippen molar-refractivity contribution in [2.75, 3.05) is 17.3 Å². The van der Waals surface area contributed by atoms with Gasteiger partial charge in [-0.2, -0.15) is 0 Å². The normalized spacial score (nSPS) is 32.0. The van der Waals surface area contributed by atoms with E-state index in [4.69, 9.17) is 4.74 Å². The second-order valence-corrected chi connectivity index (χ2v) is 8.90. The number of carbonyl (C=O) groups is 3. The van der Waals surface area contributed by atoms with Crippen molar-refractivity contribution in [1.29, 1.82) is 0 Å². The first-order valence-corrected chi connectivity index (χ1v) is 10.7. The van der Waals surface area contributed by atoms with Crippen molar-refractivity contribution < 1.29 is 19.1 Å². The lowest BCUT2D eigenvalue weighted by Gasteiger charge is -2.37. The predicted octanol–water partition coefficient (Wildman–Crippen LogP) is 3.51. The number of carbonyl (C=O) groups excluding carboxylic acids is 3. The van der Waals surface area contributed by atoms with Crippen molar-refractivity contribution in [2.45, 2.75) is 6.42 Å². The van der Waals surface area contributed by atoms with Crippen LogP contribution in [0.4, 0.5) is 11.4 Å². The molecule has 5 aliphatic rings. The lowest BCUT2D eigenvalue weighted by atomic mass is 9.63. The van der Waals surface area contributed by atoms with Crippen LogP contribution in [0.15, 0.2) is 60.7 Å². The number of ether oxygens (including phenoxy) is 1. The van der Waals surface area contributed by atoms with Gasteiger partial charge in [0.15, 0.2) is 0 Å². The Morgan fingerprint density at radius 2 is 1.48 bits per heavy atom. The van der Waals surface area contributed by atoms with Crippen LogP contribution in [0.1, 0.15) is 16.8 Å². The van der Waals surface area contributed by atoms with Crippen molar-refractivity contribution in [3.8, 4) is 5.75 Å². The quantitative estimate of drug-likeness (QED) is 0.614. The Hall–Kier alpha value is -3.41. The molecule has 1 saturated heterocycles. The molecule has 6 heteroatoms. The summed E-state index contributed by atoms with van der Waals surface area (Å²) in [4.78, 5) is 40.3. The number of rotatable bonds is 4. The molecule has 2 aromatic rings. The van der Waals surface area contributed by atoms with Crippen LogP contribution in [0.25, 0.3) is 0 Å². The molecule has 6 nitrogen and oxygen atoms in total. The number of nitrogens with one attached hydrogen (secondary N) is 1. The zero-order valence-corrected chi connectivity index (χ0v) is 17.0. The Kier molecular flexibility index (Phi) is 3.88. The van der Waals surface area contributed by atoms with Crippen molar-refractivity contribution in [1.82, 2.24) is 0 Å². The number of hydrogen-bond donors (Lipinski definition) is 1. The van der Waals surface area contributed by atoms with Crippen LogP contribution in [-0.4, -0.2) is 24.8 Å². The highest BCUT2D eigenvalue weighted by atomic mass is 16.5. The number of amides is 3. The van der Waals surface area contributed by atoms with Gasteiger partial charge >= 0.3 is 0 Å². The van der Waals surface area contributed by atoms with Gasteiger partial charge in [0, 0.05) is 11.3 Å². The Bertz CT molecular complexity index is 1090. The minimum atomic E-state index is -0.258. The molecule has 1 aliphatic heterocycles. The summed E-state index contributed by atoms with van der Waals surface area (Å²) >= 11 is 0. The van der Waals surface area contributed by atoms with E-state index in [0.29, 0.717) is 34.5 Å². The SMILES string of the molecule is COc1ccc(NC(=O)c2ccc(N3C(=O)[C@@H]4[C@H]5C=C[C@@H]([C@@H]6C[C@H]56)[C@@H]4C3=O)cc2)cc1. The lowest BCUT2D eigenvalue weighted by molar-refractivity contribution is -0.124. The maximum atomic E-state index is 13.2. The van der Waals surface area contributed by atoms with E-state index in [1.54, 1.807) is 55.6 Å². The van der Waals surface area contributed by atoms with Gasteiger partial charge in [0.05, 0.1) is 24.6 Å². The average Bonchev–Trinajstić information content (AvgIpc) is 3.58. The highest BCUT2D eigenvalue weighted by Gasteiger charge is 2.67. The monoisotopic (exact) mass is 414 g/mol. The lowest BCUT2D eigenvalue weighted by Crippen LogP contribution is -2.40. The first kappa shape index (κ1) is 18.4. The van der Waals surface area contributed by atoms with Gasteiger partial charge in [0.2, 0.25) is 11.8 Å². The molecular formula is C25H22N2O4. The van der Waals surface area contributed by atoms with E-state index in [9.17, 15) is 14.4 Å². The molecule has 0 radical (unpaired) electrons. The number of nitrogens with zero attached hydrogens (tertiary/aromatic N) is 1. The highest BCUT2D eigenvalue weighted by Crippen LogP contribution is 2.65. The number of allylic oxidation sites excluding steroid dienone is 2. The van der Waals surface area contributed by atoms with Crippen LogP contribution in [0.2, 0.25) is 0 Å². The summed E-state index contributed by atoms with van der Waals surface area (Å²) in [5.41, 5.74) is 1.66. The van der Waals surface area contributed by atoms with E-state index in [-0.39, 0.29) is 41.4 Å². The minimum absolute atomic E-state index is 0.0878. The third kappa shape index (κ3) is 2.67. The summed E-state index contributed by atoms with van der Waals surface area (Å²) in [6, 6.07) is 13.8. The highest BCUT2D eigenvalue weighted by molar-refractivity contribution is 6.22. The fraction of sp³-hybridized carbons (Fsp3) is 0.320. The zero-order valence-electron chi connectivity index (χ0n) is 17.0. The average molecular weight is 414 g/mol. The molecule has 2 saturated carbocycles. The second kappa shape index (κ2) is 6.54. The molecule has 0 spiro atoms. The van der Waals surface area contributed by atoms with Crippen LogP contribution in [0, 0.1) is 35.5 Å². The molecule has 6 atom stereocenters. The summed E-state index contributed by atoms with van der Waals surface area (Å²) in [7, 11) is 1.59. The molecular weight excluding hydrogens is 392 g/mol. The van der Waals surface area contributed by atoms with Crippen LogP contribution in [0.5, 0.6) is 5.75 Å². The summed E-state index contributed by atoms with van der Waals surface area (Å²) in [5.74, 6) is 1.41. The first-order valence-electron chi connectivity index (χ1n) is 10.7. The van der Waals surface area contributed by atoms with E-state index in [1.807, 2.05) is 0 Å². The predicted molar refractivity (Wildman–Crippen MR) is 115 cm³/mol. The van der Waals surface area contributed by atoms with Crippen molar-refractivity contribution in [3.63, 3.8) is 0 Å². The summed E-state index contributed by atoms with van der Waals surface area (Å²) in [6.45, 7) is 0. The van der Waals surface area contributed by atoms with Crippen LogP contribution < -0.4 is 15.0 Å². The molecule has 7 rings (SSSR count). The van der Waals surface area contributed by atoms with Gasteiger partial charge in [-0.15, -0.1) is 0 Å². The van der Waals surface area contributed by atoms with E-state index < -0.39 is 0 Å². The van der Waals surface area contributed by atoms with Gasteiger partial charge in [0.25, 0.3) is 5.91 Å². The number of benzene rings is 2. The van der Waals surface area contributed by atoms with Gasteiger partial charge in [-0.05, 0) is 78.6 Å². The fourth-order valence-corrected chi connectivity index (χ4v) is 5.85. The molecule has 2 aromatic carbocycles. The number of hydrogen-bond acceptors (Lipinski definition) is 4. The Morgan fingerprint density at radius 3 is 2.03 bits per heavy atom. The third-order valence-electron chi connectivity index (χ3n) is 7.40. The molecule has 31 heavy (non-hydrogen) atoms. The first-order chi connectivity index (χ1) is 15.1. The number of anilines is 2. The van der Waals surface area contributed by atoms with Crippen LogP contribution in [0.3, 0.4) is 0 Å². The molecule has 0 unspecified atom stereocenters. The van der Waals surface area contributed by atoms with Gasteiger partial charge < -0.3 is 10.1 Å². The molecule has 4 aliphatic carbocycles. The van der Waals surface area contributed by atoms with Crippen LogP contribution in [-0.2, 0) is 9.59 Å². The van der Waals surface area contributed by atoms with Crippen LogP contribution >= 0.6 is 0 Å². The van der Waals surface area contributed by atoms with Crippen molar-refractivity contribution in [3.05, 3.63) is 66.2 Å². The molecule has 0 aromatic heterocycles. The number of imide groups is 1.